The summed E-state index contributed by atoms with van der Waals surface area (Å²) < 4.78 is 1.54. The molecule has 37 heavy (non-hydrogen) atoms. The molecule has 0 spiro atoms. The van der Waals surface area contributed by atoms with Gasteiger partial charge in [0.15, 0.2) is 0 Å². The maximum absolute atomic E-state index is 13.7. The summed E-state index contributed by atoms with van der Waals surface area (Å²) in [5.74, 6) is 0.371. The maximum atomic E-state index is 13.7. The van der Waals surface area contributed by atoms with Crippen LogP contribution in [0.3, 0.4) is 0 Å². The van der Waals surface area contributed by atoms with E-state index in [0.29, 0.717) is 12.3 Å². The Labute approximate surface area is 219 Å². The summed E-state index contributed by atoms with van der Waals surface area (Å²) in [7, 11) is 0. The van der Waals surface area contributed by atoms with E-state index in [1.54, 1.807) is 18.5 Å². The molecule has 194 valence electrons. The van der Waals surface area contributed by atoms with Gasteiger partial charge in [0, 0.05) is 36.6 Å². The number of aryl methyl sites for hydroxylation is 2. The number of carbonyl (C=O) groups is 2. The van der Waals surface area contributed by atoms with Crippen LogP contribution >= 0.6 is 0 Å². The first kappa shape index (κ1) is 26.5. The van der Waals surface area contributed by atoms with Crippen LogP contribution in [-0.2, 0) is 9.59 Å². The molecule has 1 amide bonds. The van der Waals surface area contributed by atoms with E-state index in [2.05, 4.69) is 36.3 Å². The van der Waals surface area contributed by atoms with Gasteiger partial charge in [-0.1, -0.05) is 32.0 Å². The lowest BCUT2D eigenvalue weighted by Gasteiger charge is -2.25. The van der Waals surface area contributed by atoms with Crippen LogP contribution in [0.5, 0.6) is 0 Å². The Bertz CT molecular complexity index is 1330. The minimum Gasteiger partial charge on any atom is -0.347 e. The van der Waals surface area contributed by atoms with Crippen molar-refractivity contribution in [1.82, 2.24) is 14.9 Å². The highest BCUT2D eigenvalue weighted by molar-refractivity contribution is 5.83. The predicted molar refractivity (Wildman–Crippen MR) is 146 cm³/mol. The summed E-state index contributed by atoms with van der Waals surface area (Å²) in [5.41, 5.74) is 5.98. The van der Waals surface area contributed by atoms with Crippen molar-refractivity contribution < 1.29 is 9.59 Å². The first-order valence-electron chi connectivity index (χ1n) is 13.2. The van der Waals surface area contributed by atoms with Gasteiger partial charge in [0.1, 0.15) is 11.8 Å². The molecule has 2 atom stereocenters. The molecule has 0 saturated heterocycles. The van der Waals surface area contributed by atoms with Crippen LogP contribution < -0.4 is 10.9 Å². The standard InChI is InChI=1S/C31H37N3O3/c1-19(2)13-28(34-12-11-24(16-29(34)36)23-9-10-23)31(37)33-27(14-22(5)35)25-15-26(18-32-17-25)30-20(3)7-6-8-21(30)4/h6-8,11-12,15-19,23,27-28H,9-10,13-14H2,1-5H3,(H,33,37)/t27-,28?/m1/s1. The van der Waals surface area contributed by atoms with Crippen LogP contribution in [-0.4, -0.2) is 21.2 Å². The minimum absolute atomic E-state index is 0.0332. The highest BCUT2D eigenvalue weighted by Gasteiger charge is 2.28. The number of nitrogens with zero attached hydrogens (tertiary/aromatic N) is 2. The number of amides is 1. The number of hydrogen-bond acceptors (Lipinski definition) is 4. The van der Waals surface area contributed by atoms with Crippen LogP contribution in [0.4, 0.5) is 0 Å². The van der Waals surface area contributed by atoms with Gasteiger partial charge in [0.05, 0.1) is 6.04 Å². The second-order valence-corrected chi connectivity index (χ2v) is 10.9. The number of pyridine rings is 2. The molecule has 4 rings (SSSR count). The molecule has 2 aromatic heterocycles. The second-order valence-electron chi connectivity index (χ2n) is 10.9. The van der Waals surface area contributed by atoms with Crippen molar-refractivity contribution >= 4 is 11.7 Å². The lowest BCUT2D eigenvalue weighted by atomic mass is 9.94. The zero-order chi connectivity index (χ0) is 26.7. The second kappa shape index (κ2) is 11.2. The molecule has 0 radical (unpaired) electrons. The van der Waals surface area contributed by atoms with Crippen molar-refractivity contribution in [3.8, 4) is 11.1 Å². The van der Waals surface area contributed by atoms with E-state index in [1.165, 1.54) is 11.5 Å². The smallest absolute Gasteiger partial charge is 0.251 e. The highest BCUT2D eigenvalue weighted by Crippen LogP contribution is 2.39. The summed E-state index contributed by atoms with van der Waals surface area (Å²) in [4.78, 5) is 43.4. The van der Waals surface area contributed by atoms with Crippen LogP contribution in [0, 0.1) is 19.8 Å². The Hall–Kier alpha value is -3.54. The van der Waals surface area contributed by atoms with Gasteiger partial charge in [-0.15, -0.1) is 0 Å². The molecule has 1 aliphatic rings. The van der Waals surface area contributed by atoms with Crippen molar-refractivity contribution in [3.63, 3.8) is 0 Å². The monoisotopic (exact) mass is 499 g/mol. The fourth-order valence-corrected chi connectivity index (χ4v) is 5.09. The molecular weight excluding hydrogens is 462 g/mol. The molecule has 1 saturated carbocycles. The molecule has 1 aromatic carbocycles. The molecule has 0 aliphatic heterocycles. The maximum Gasteiger partial charge on any atom is 0.251 e. The number of benzene rings is 1. The number of rotatable bonds is 10. The van der Waals surface area contributed by atoms with Gasteiger partial charge in [-0.05, 0) is 91.8 Å². The summed E-state index contributed by atoms with van der Waals surface area (Å²) in [6.45, 7) is 9.72. The molecule has 3 aromatic rings. The van der Waals surface area contributed by atoms with Crippen molar-refractivity contribution in [2.75, 3.05) is 0 Å². The van der Waals surface area contributed by atoms with E-state index in [0.717, 1.165) is 46.2 Å². The van der Waals surface area contributed by atoms with Crippen molar-refractivity contribution in [2.24, 2.45) is 5.92 Å². The van der Waals surface area contributed by atoms with Gasteiger partial charge in [-0.25, -0.2) is 0 Å². The van der Waals surface area contributed by atoms with Gasteiger partial charge in [-0.2, -0.15) is 0 Å². The molecule has 6 heteroatoms. The van der Waals surface area contributed by atoms with Crippen molar-refractivity contribution in [1.29, 1.82) is 0 Å². The summed E-state index contributed by atoms with van der Waals surface area (Å²) in [5, 5.41) is 3.09. The normalized spacial score (nSPS) is 14.9. The third-order valence-corrected chi connectivity index (χ3v) is 7.09. The Morgan fingerprint density at radius 3 is 2.38 bits per heavy atom. The quantitative estimate of drug-likeness (QED) is 0.381. The largest absolute Gasteiger partial charge is 0.347 e. The summed E-state index contributed by atoms with van der Waals surface area (Å²) >= 11 is 0. The van der Waals surface area contributed by atoms with Crippen LogP contribution in [0.2, 0.25) is 0 Å². The topological polar surface area (TPSA) is 81.1 Å². The molecule has 6 nitrogen and oxygen atoms in total. The molecule has 1 unspecified atom stereocenters. The number of ketones is 1. The first-order chi connectivity index (χ1) is 17.6. The molecule has 2 heterocycles. The van der Waals surface area contributed by atoms with Crippen molar-refractivity contribution in [2.45, 2.75) is 78.3 Å². The zero-order valence-corrected chi connectivity index (χ0v) is 22.5. The lowest BCUT2D eigenvalue weighted by Crippen LogP contribution is -2.40. The van der Waals surface area contributed by atoms with Gasteiger partial charge in [0.25, 0.3) is 5.56 Å². The first-order valence-corrected chi connectivity index (χ1v) is 13.2. The highest BCUT2D eigenvalue weighted by atomic mass is 16.2. The van der Waals surface area contributed by atoms with Crippen molar-refractivity contribution in [3.05, 3.63) is 87.6 Å². The van der Waals surface area contributed by atoms with Crippen LogP contribution in [0.15, 0.2) is 59.8 Å². The Balaban J connectivity index is 1.65. The molecular formula is C31H37N3O3. The van der Waals surface area contributed by atoms with E-state index in [4.69, 9.17) is 0 Å². The summed E-state index contributed by atoms with van der Waals surface area (Å²) in [6, 6.07) is 10.6. The van der Waals surface area contributed by atoms with E-state index >= 15 is 0 Å². The number of carbonyl (C=O) groups excluding carboxylic acids is 2. The van der Waals surface area contributed by atoms with E-state index in [1.807, 2.05) is 38.2 Å². The number of aromatic nitrogens is 2. The van der Waals surface area contributed by atoms with Gasteiger partial charge in [-0.3, -0.25) is 19.4 Å². The van der Waals surface area contributed by atoms with E-state index < -0.39 is 12.1 Å². The van der Waals surface area contributed by atoms with E-state index in [9.17, 15) is 14.4 Å². The van der Waals surface area contributed by atoms with Gasteiger partial charge < -0.3 is 9.88 Å². The average Bonchev–Trinajstić information content (AvgIpc) is 3.68. The van der Waals surface area contributed by atoms with Gasteiger partial charge >= 0.3 is 0 Å². The fraction of sp³-hybridized carbons (Fsp3) is 0.419. The fourth-order valence-electron chi connectivity index (χ4n) is 5.09. The SMILES string of the molecule is CC(=O)C[C@@H](NC(=O)C(CC(C)C)n1ccc(C2CC2)cc1=O)c1cncc(-c2c(C)cccc2C)c1. The molecule has 1 N–H and O–H groups in total. The zero-order valence-electron chi connectivity index (χ0n) is 22.5. The lowest BCUT2D eigenvalue weighted by molar-refractivity contribution is -0.126. The third kappa shape index (κ3) is 6.43. The Kier molecular flexibility index (Phi) is 8.06. The number of hydrogen-bond donors (Lipinski definition) is 1. The predicted octanol–water partition coefficient (Wildman–Crippen LogP) is 5.83. The average molecular weight is 500 g/mol. The van der Waals surface area contributed by atoms with E-state index in [-0.39, 0.29) is 29.6 Å². The minimum atomic E-state index is -0.662. The number of nitrogens with one attached hydrogen (secondary N) is 1. The molecule has 1 fully saturated rings. The molecule has 0 bridgehead atoms. The van der Waals surface area contributed by atoms with Gasteiger partial charge in [0.2, 0.25) is 5.91 Å². The Morgan fingerprint density at radius 1 is 1.08 bits per heavy atom. The molecule has 1 aliphatic carbocycles. The third-order valence-electron chi connectivity index (χ3n) is 7.09. The van der Waals surface area contributed by atoms with Crippen LogP contribution in [0.1, 0.15) is 86.7 Å². The van der Waals surface area contributed by atoms with Crippen LogP contribution in [0.25, 0.3) is 11.1 Å². The summed E-state index contributed by atoms with van der Waals surface area (Å²) in [6.07, 6.45) is 8.16. The number of Topliss-reactive ketones (excluding diaryl/α,β-unsaturated/α-hetero) is 1. The Morgan fingerprint density at radius 2 is 1.78 bits per heavy atom.